The van der Waals surface area contributed by atoms with Crippen LogP contribution >= 0.6 is 12.4 Å². The first kappa shape index (κ1) is 24.8. The summed E-state index contributed by atoms with van der Waals surface area (Å²) in [5.41, 5.74) is -0.418. The normalized spacial score (nSPS) is 14.5. The van der Waals surface area contributed by atoms with Crippen LogP contribution in [0.4, 0.5) is 17.6 Å². The van der Waals surface area contributed by atoms with Gasteiger partial charge < -0.3 is 9.47 Å². The molecule has 2 aromatic rings. The maximum Gasteiger partial charge on any atom is 0.205 e. The Balaban J connectivity index is 0.00000341. The van der Waals surface area contributed by atoms with Gasteiger partial charge in [-0.05, 0) is 24.3 Å². The van der Waals surface area contributed by atoms with Crippen LogP contribution in [0.2, 0.25) is 0 Å². The first-order chi connectivity index (χ1) is 14.4. The second kappa shape index (κ2) is 11.3. The number of Topliss-reactive ketones (excluding diaryl/α,β-unsaturated/α-hetero) is 1. The molecule has 0 aliphatic carbocycles. The SMILES string of the molecule is CCC(=O)c1ccc(Oc2c(F)c(F)c(C=CCN3CCOCC3)c(F)c2F)cc1.Cl. The van der Waals surface area contributed by atoms with E-state index in [1.165, 1.54) is 30.3 Å². The maximum atomic E-state index is 14.4. The summed E-state index contributed by atoms with van der Waals surface area (Å²) < 4.78 is 67.9. The van der Waals surface area contributed by atoms with Crippen molar-refractivity contribution < 1.29 is 31.8 Å². The van der Waals surface area contributed by atoms with Gasteiger partial charge in [0, 0.05) is 31.6 Å². The largest absolute Gasteiger partial charge is 0.451 e. The number of hydrogen-bond donors (Lipinski definition) is 0. The number of hydrogen-bond acceptors (Lipinski definition) is 4. The highest BCUT2D eigenvalue weighted by atomic mass is 35.5. The van der Waals surface area contributed by atoms with Crippen molar-refractivity contribution >= 4 is 24.3 Å². The molecule has 0 aromatic heterocycles. The molecule has 9 heteroatoms. The molecule has 0 N–H and O–H groups in total. The van der Waals surface area contributed by atoms with Gasteiger partial charge in [-0.3, -0.25) is 9.69 Å². The summed E-state index contributed by atoms with van der Waals surface area (Å²) in [6.07, 6.45) is 2.75. The maximum absolute atomic E-state index is 14.4. The van der Waals surface area contributed by atoms with Crippen LogP contribution in [0.1, 0.15) is 29.3 Å². The molecular formula is C22H22ClF4NO3. The lowest BCUT2D eigenvalue weighted by atomic mass is 10.1. The quantitative estimate of drug-likeness (QED) is 0.316. The van der Waals surface area contributed by atoms with E-state index in [2.05, 4.69) is 0 Å². The first-order valence-electron chi connectivity index (χ1n) is 9.56. The summed E-state index contributed by atoms with van der Waals surface area (Å²) in [4.78, 5) is 13.6. The van der Waals surface area contributed by atoms with Crippen molar-refractivity contribution in [1.29, 1.82) is 0 Å². The molecule has 0 atom stereocenters. The van der Waals surface area contributed by atoms with Crippen molar-refractivity contribution in [2.45, 2.75) is 13.3 Å². The van der Waals surface area contributed by atoms with Crippen LogP contribution in [0.5, 0.6) is 11.5 Å². The molecule has 0 amide bonds. The summed E-state index contributed by atoms with van der Waals surface area (Å²) in [5, 5.41) is 0. The zero-order valence-corrected chi connectivity index (χ0v) is 17.6. The fraction of sp³-hybridized carbons (Fsp3) is 0.318. The average Bonchev–Trinajstić information content (AvgIpc) is 2.78. The van der Waals surface area contributed by atoms with Crippen LogP contribution in [0.3, 0.4) is 0 Å². The summed E-state index contributed by atoms with van der Waals surface area (Å²) in [6.45, 7) is 4.49. The van der Waals surface area contributed by atoms with Gasteiger partial charge in [0.25, 0.3) is 0 Å². The number of benzene rings is 2. The van der Waals surface area contributed by atoms with Gasteiger partial charge in [-0.2, -0.15) is 8.78 Å². The van der Waals surface area contributed by atoms with Crippen molar-refractivity contribution in [2.75, 3.05) is 32.8 Å². The standard InChI is InChI=1S/C22H21F4NO3.ClH/c1-2-17(28)14-5-7-15(8-6-14)30-22-20(25)18(23)16(19(24)21(22)26)4-3-9-27-10-12-29-13-11-27;/h3-8H,2,9-13H2,1H3;1H. The topological polar surface area (TPSA) is 38.8 Å². The number of ether oxygens (including phenoxy) is 2. The van der Waals surface area contributed by atoms with Gasteiger partial charge in [0.15, 0.2) is 17.4 Å². The van der Waals surface area contributed by atoms with Crippen molar-refractivity contribution in [3.8, 4) is 11.5 Å². The van der Waals surface area contributed by atoms with E-state index in [1.54, 1.807) is 6.92 Å². The Morgan fingerprint density at radius 2 is 1.61 bits per heavy atom. The van der Waals surface area contributed by atoms with Gasteiger partial charge in [0.05, 0.1) is 18.8 Å². The molecule has 1 aliphatic rings. The lowest BCUT2D eigenvalue weighted by Crippen LogP contribution is -2.36. The predicted molar refractivity (Wildman–Crippen MR) is 111 cm³/mol. The van der Waals surface area contributed by atoms with E-state index in [-0.39, 0.29) is 23.9 Å². The summed E-state index contributed by atoms with van der Waals surface area (Å²) in [6, 6.07) is 5.42. The van der Waals surface area contributed by atoms with Crippen molar-refractivity contribution in [2.24, 2.45) is 0 Å². The van der Waals surface area contributed by atoms with Crippen LogP contribution in [-0.2, 0) is 4.74 Å². The summed E-state index contributed by atoms with van der Waals surface area (Å²) in [7, 11) is 0. The molecule has 31 heavy (non-hydrogen) atoms. The summed E-state index contributed by atoms with van der Waals surface area (Å²) >= 11 is 0. The van der Waals surface area contributed by atoms with E-state index >= 15 is 0 Å². The van der Waals surface area contributed by atoms with E-state index in [0.717, 1.165) is 6.08 Å². The Bertz CT molecular complexity index is 916. The molecule has 0 unspecified atom stereocenters. The molecule has 1 heterocycles. The highest BCUT2D eigenvalue weighted by molar-refractivity contribution is 5.95. The van der Waals surface area contributed by atoms with Crippen molar-refractivity contribution in [3.63, 3.8) is 0 Å². The number of rotatable bonds is 7. The van der Waals surface area contributed by atoms with Gasteiger partial charge in [-0.15, -0.1) is 12.4 Å². The second-order valence-electron chi connectivity index (χ2n) is 6.72. The lowest BCUT2D eigenvalue weighted by molar-refractivity contribution is 0.0435. The Labute approximate surface area is 183 Å². The van der Waals surface area contributed by atoms with Gasteiger partial charge >= 0.3 is 0 Å². The van der Waals surface area contributed by atoms with Crippen molar-refractivity contribution in [1.82, 2.24) is 4.90 Å². The van der Waals surface area contributed by atoms with Crippen LogP contribution in [0.25, 0.3) is 6.08 Å². The number of ketones is 1. The molecule has 1 saturated heterocycles. The number of nitrogens with zero attached hydrogens (tertiary/aromatic N) is 1. The molecule has 4 nitrogen and oxygen atoms in total. The number of carbonyl (C=O) groups excluding carboxylic acids is 1. The van der Waals surface area contributed by atoms with Crippen LogP contribution in [0, 0.1) is 23.3 Å². The summed E-state index contributed by atoms with van der Waals surface area (Å²) in [5.74, 6) is -7.70. The molecule has 2 aromatic carbocycles. The fourth-order valence-electron chi connectivity index (χ4n) is 3.00. The number of morpholine rings is 1. The Morgan fingerprint density at radius 1 is 1.03 bits per heavy atom. The molecule has 0 radical (unpaired) electrons. The molecule has 0 spiro atoms. The third-order valence-electron chi connectivity index (χ3n) is 4.73. The van der Waals surface area contributed by atoms with E-state index < -0.39 is 34.6 Å². The van der Waals surface area contributed by atoms with Crippen LogP contribution < -0.4 is 4.74 Å². The Morgan fingerprint density at radius 3 is 2.16 bits per heavy atom. The predicted octanol–water partition coefficient (Wildman–Crippen LogP) is 5.40. The number of halogens is 5. The minimum absolute atomic E-state index is 0. The van der Waals surface area contributed by atoms with E-state index in [9.17, 15) is 22.4 Å². The monoisotopic (exact) mass is 459 g/mol. The molecular weight excluding hydrogens is 438 g/mol. The smallest absolute Gasteiger partial charge is 0.205 e. The number of carbonyl (C=O) groups is 1. The Kier molecular flexibility index (Phi) is 9.03. The third kappa shape index (κ3) is 5.84. The highest BCUT2D eigenvalue weighted by Crippen LogP contribution is 2.34. The van der Waals surface area contributed by atoms with E-state index in [4.69, 9.17) is 9.47 Å². The molecule has 0 saturated carbocycles. The Hall–Kier alpha value is -2.42. The molecule has 1 fully saturated rings. The molecule has 168 valence electrons. The van der Waals surface area contributed by atoms with Crippen LogP contribution in [-0.4, -0.2) is 43.5 Å². The second-order valence-corrected chi connectivity index (χ2v) is 6.72. The molecule has 1 aliphatic heterocycles. The van der Waals surface area contributed by atoms with E-state index in [0.29, 0.717) is 44.8 Å². The fourth-order valence-corrected chi connectivity index (χ4v) is 3.00. The minimum atomic E-state index is -1.63. The highest BCUT2D eigenvalue weighted by Gasteiger charge is 2.26. The third-order valence-corrected chi connectivity index (χ3v) is 4.73. The van der Waals surface area contributed by atoms with E-state index in [1.807, 2.05) is 4.90 Å². The zero-order valence-electron chi connectivity index (χ0n) is 16.8. The van der Waals surface area contributed by atoms with Crippen LogP contribution in [0.15, 0.2) is 30.3 Å². The minimum Gasteiger partial charge on any atom is -0.451 e. The van der Waals surface area contributed by atoms with Gasteiger partial charge in [0.2, 0.25) is 17.4 Å². The zero-order chi connectivity index (χ0) is 21.7. The van der Waals surface area contributed by atoms with Gasteiger partial charge in [0.1, 0.15) is 5.75 Å². The first-order valence-corrected chi connectivity index (χ1v) is 9.56. The van der Waals surface area contributed by atoms with Gasteiger partial charge in [-0.1, -0.05) is 19.1 Å². The average molecular weight is 460 g/mol. The lowest BCUT2D eigenvalue weighted by Gasteiger charge is -2.25. The van der Waals surface area contributed by atoms with Gasteiger partial charge in [-0.25, -0.2) is 8.78 Å². The van der Waals surface area contributed by atoms with Crippen molar-refractivity contribution in [3.05, 3.63) is 64.7 Å². The molecule has 0 bridgehead atoms. The molecule has 3 rings (SSSR count).